The lowest BCUT2D eigenvalue weighted by atomic mass is 10.1. The minimum Gasteiger partial charge on any atom is -0.480 e. The predicted molar refractivity (Wildman–Crippen MR) is 71.8 cm³/mol. The Labute approximate surface area is 115 Å². The quantitative estimate of drug-likeness (QED) is 0.920. The first kappa shape index (κ1) is 13.9. The van der Waals surface area contributed by atoms with Gasteiger partial charge in [-0.3, -0.25) is 4.79 Å². The molecule has 104 valence electrons. The molecule has 1 atom stereocenters. The van der Waals surface area contributed by atoms with Crippen LogP contribution in [0.4, 0.5) is 0 Å². The minimum absolute atomic E-state index is 0.0252. The van der Waals surface area contributed by atoms with Crippen LogP contribution >= 0.6 is 11.3 Å². The van der Waals surface area contributed by atoms with Gasteiger partial charge in [-0.2, -0.15) is 0 Å². The smallest absolute Gasteiger partial charge is 0.346 e. The second-order valence-electron chi connectivity index (χ2n) is 4.60. The topological polar surface area (TPSA) is 66.8 Å². The Hall–Kier alpha value is -1.56. The van der Waals surface area contributed by atoms with E-state index in [0.29, 0.717) is 5.75 Å². The Bertz CT molecular complexity index is 465. The number of ether oxygens (including phenoxy) is 1. The van der Waals surface area contributed by atoms with Crippen LogP contribution in [0.1, 0.15) is 35.9 Å². The summed E-state index contributed by atoms with van der Waals surface area (Å²) in [5.74, 6) is -0.558. The first-order valence-corrected chi connectivity index (χ1v) is 7.23. The van der Waals surface area contributed by atoms with Crippen LogP contribution in [0.5, 0.6) is 5.75 Å². The average Bonchev–Trinajstić information content (AvgIpc) is 2.87. The zero-order chi connectivity index (χ0) is 13.8. The number of rotatable bonds is 4. The molecule has 1 N–H and O–H groups in total. The van der Waals surface area contributed by atoms with Crippen molar-refractivity contribution >= 4 is 23.2 Å². The van der Waals surface area contributed by atoms with Crippen molar-refractivity contribution in [2.24, 2.45) is 0 Å². The standard InChI is InChI=1S/C13H17NO4S/c1-9(12(15)14-5-3-2-4-6-14)18-10-7-11(13(16)17)19-8-10/h7-9H,2-6H2,1H3,(H,16,17). The Morgan fingerprint density at radius 2 is 2.05 bits per heavy atom. The number of thiophene rings is 1. The molecule has 1 aromatic heterocycles. The van der Waals surface area contributed by atoms with Gasteiger partial charge in [0.05, 0.1) is 0 Å². The van der Waals surface area contributed by atoms with Crippen LogP contribution in [-0.4, -0.2) is 41.1 Å². The third-order valence-electron chi connectivity index (χ3n) is 3.11. The number of nitrogens with zero attached hydrogens (tertiary/aromatic N) is 1. The van der Waals surface area contributed by atoms with Crippen LogP contribution in [-0.2, 0) is 4.79 Å². The number of carbonyl (C=O) groups excluding carboxylic acids is 1. The lowest BCUT2D eigenvalue weighted by Gasteiger charge is -2.29. The summed E-state index contributed by atoms with van der Waals surface area (Å²) < 4.78 is 5.52. The van der Waals surface area contributed by atoms with Crippen molar-refractivity contribution < 1.29 is 19.4 Å². The van der Waals surface area contributed by atoms with Crippen LogP contribution in [0.25, 0.3) is 0 Å². The SMILES string of the molecule is CC(Oc1csc(C(=O)O)c1)C(=O)N1CCCCC1. The van der Waals surface area contributed by atoms with Crippen LogP contribution < -0.4 is 4.74 Å². The predicted octanol–water partition coefficient (Wildman–Crippen LogP) is 2.23. The number of hydrogen-bond donors (Lipinski definition) is 1. The highest BCUT2D eigenvalue weighted by Crippen LogP contribution is 2.23. The second-order valence-corrected chi connectivity index (χ2v) is 5.51. The molecule has 0 bridgehead atoms. The van der Waals surface area contributed by atoms with E-state index < -0.39 is 12.1 Å². The van der Waals surface area contributed by atoms with E-state index in [4.69, 9.17) is 9.84 Å². The van der Waals surface area contributed by atoms with E-state index in [-0.39, 0.29) is 10.8 Å². The van der Waals surface area contributed by atoms with Gasteiger partial charge in [0.1, 0.15) is 10.6 Å². The Morgan fingerprint density at radius 3 is 2.63 bits per heavy atom. The molecule has 0 aliphatic carbocycles. The van der Waals surface area contributed by atoms with Crippen molar-refractivity contribution in [1.29, 1.82) is 0 Å². The summed E-state index contributed by atoms with van der Waals surface area (Å²) in [7, 11) is 0. The molecule has 1 saturated heterocycles. The number of carbonyl (C=O) groups is 2. The Kier molecular flexibility index (Phi) is 4.42. The molecule has 0 radical (unpaired) electrons. The first-order chi connectivity index (χ1) is 9.08. The lowest BCUT2D eigenvalue weighted by Crippen LogP contribution is -2.43. The van der Waals surface area contributed by atoms with Gasteiger partial charge in [0.15, 0.2) is 6.10 Å². The maximum absolute atomic E-state index is 12.1. The van der Waals surface area contributed by atoms with Crippen LogP contribution in [0.15, 0.2) is 11.4 Å². The third-order valence-corrected chi connectivity index (χ3v) is 4.01. The van der Waals surface area contributed by atoms with E-state index >= 15 is 0 Å². The monoisotopic (exact) mass is 283 g/mol. The maximum atomic E-state index is 12.1. The molecular weight excluding hydrogens is 266 g/mol. The molecule has 1 aliphatic rings. The third kappa shape index (κ3) is 3.47. The highest BCUT2D eigenvalue weighted by molar-refractivity contribution is 7.12. The van der Waals surface area contributed by atoms with Crippen LogP contribution in [0, 0.1) is 0 Å². The van der Waals surface area contributed by atoms with E-state index in [2.05, 4.69) is 0 Å². The zero-order valence-electron chi connectivity index (χ0n) is 10.8. The summed E-state index contributed by atoms with van der Waals surface area (Å²) in [4.78, 5) is 24.9. The molecule has 5 nitrogen and oxygen atoms in total. The van der Waals surface area contributed by atoms with Crippen LogP contribution in [0.3, 0.4) is 0 Å². The van der Waals surface area contributed by atoms with Crippen molar-refractivity contribution in [1.82, 2.24) is 4.90 Å². The van der Waals surface area contributed by atoms with Gasteiger partial charge in [0, 0.05) is 24.5 Å². The molecule has 0 saturated carbocycles. The van der Waals surface area contributed by atoms with Gasteiger partial charge in [-0.25, -0.2) is 4.79 Å². The van der Waals surface area contributed by atoms with Gasteiger partial charge in [-0.05, 0) is 26.2 Å². The van der Waals surface area contributed by atoms with E-state index in [1.54, 1.807) is 12.3 Å². The Balaban J connectivity index is 1.93. The number of likely N-dealkylation sites (tertiary alicyclic amines) is 1. The van der Waals surface area contributed by atoms with Gasteiger partial charge in [-0.1, -0.05) is 0 Å². The van der Waals surface area contributed by atoms with E-state index in [0.717, 1.165) is 37.3 Å². The Morgan fingerprint density at radius 1 is 1.37 bits per heavy atom. The maximum Gasteiger partial charge on any atom is 0.346 e. The summed E-state index contributed by atoms with van der Waals surface area (Å²) in [5.41, 5.74) is 0. The molecule has 1 fully saturated rings. The van der Waals surface area contributed by atoms with Crippen molar-refractivity contribution in [3.8, 4) is 5.75 Å². The van der Waals surface area contributed by atoms with E-state index in [9.17, 15) is 9.59 Å². The summed E-state index contributed by atoms with van der Waals surface area (Å²) >= 11 is 1.10. The number of piperidine rings is 1. The molecule has 2 rings (SSSR count). The zero-order valence-corrected chi connectivity index (χ0v) is 11.6. The fourth-order valence-corrected chi connectivity index (χ4v) is 2.77. The summed E-state index contributed by atoms with van der Waals surface area (Å²) in [5, 5.41) is 10.4. The molecule has 0 spiro atoms. The molecule has 19 heavy (non-hydrogen) atoms. The van der Waals surface area contributed by atoms with E-state index in [1.807, 2.05) is 4.90 Å². The normalized spacial score (nSPS) is 17.0. The van der Waals surface area contributed by atoms with Crippen molar-refractivity contribution in [2.45, 2.75) is 32.3 Å². The van der Waals surface area contributed by atoms with Gasteiger partial charge in [0.25, 0.3) is 5.91 Å². The van der Waals surface area contributed by atoms with Gasteiger partial charge in [-0.15, -0.1) is 11.3 Å². The lowest BCUT2D eigenvalue weighted by molar-refractivity contribution is -0.138. The molecule has 6 heteroatoms. The van der Waals surface area contributed by atoms with Gasteiger partial charge in [0.2, 0.25) is 0 Å². The molecule has 1 amide bonds. The average molecular weight is 283 g/mol. The molecule has 1 aromatic rings. The number of hydrogen-bond acceptors (Lipinski definition) is 4. The number of carboxylic acid groups (broad SMARTS) is 1. The molecule has 0 aromatic carbocycles. The van der Waals surface area contributed by atoms with Gasteiger partial charge >= 0.3 is 5.97 Å². The van der Waals surface area contributed by atoms with Crippen molar-refractivity contribution in [3.05, 3.63) is 16.3 Å². The summed E-state index contributed by atoms with van der Waals surface area (Å²) in [6.07, 6.45) is 2.68. The fourth-order valence-electron chi connectivity index (χ4n) is 2.12. The second kappa shape index (κ2) is 6.06. The fraction of sp³-hybridized carbons (Fsp3) is 0.538. The molecular formula is C13H17NO4S. The van der Waals surface area contributed by atoms with Crippen molar-refractivity contribution in [2.75, 3.05) is 13.1 Å². The van der Waals surface area contributed by atoms with Gasteiger partial charge < -0.3 is 14.7 Å². The molecule has 1 unspecified atom stereocenters. The minimum atomic E-state index is -0.977. The van der Waals surface area contributed by atoms with Crippen LogP contribution in [0.2, 0.25) is 0 Å². The summed E-state index contributed by atoms with van der Waals surface area (Å²) in [6, 6.07) is 1.45. The number of carboxylic acids is 1. The number of aromatic carboxylic acids is 1. The van der Waals surface area contributed by atoms with Crippen molar-refractivity contribution in [3.63, 3.8) is 0 Å². The molecule has 2 heterocycles. The summed E-state index contributed by atoms with van der Waals surface area (Å²) in [6.45, 7) is 3.28. The van der Waals surface area contributed by atoms with E-state index in [1.165, 1.54) is 12.5 Å². The largest absolute Gasteiger partial charge is 0.480 e. The highest BCUT2D eigenvalue weighted by atomic mass is 32.1. The molecule has 1 aliphatic heterocycles. The highest BCUT2D eigenvalue weighted by Gasteiger charge is 2.23. The number of amides is 1. The first-order valence-electron chi connectivity index (χ1n) is 6.35.